The van der Waals surface area contributed by atoms with Crippen LogP contribution >= 0.6 is 0 Å². The topological polar surface area (TPSA) is 29.9 Å². The third-order valence-electron chi connectivity index (χ3n) is 3.64. The number of aromatic nitrogens is 2. The Labute approximate surface area is 108 Å². The van der Waals surface area contributed by atoms with Gasteiger partial charge in [0.1, 0.15) is 0 Å². The van der Waals surface area contributed by atoms with E-state index in [9.17, 15) is 0 Å². The van der Waals surface area contributed by atoms with Crippen LogP contribution in [0.2, 0.25) is 0 Å². The first kappa shape index (κ1) is 11.5. The lowest BCUT2D eigenvalue weighted by Crippen LogP contribution is -2.33. The van der Waals surface area contributed by atoms with Crippen molar-refractivity contribution in [3.63, 3.8) is 0 Å². The van der Waals surface area contributed by atoms with Crippen LogP contribution in [0.25, 0.3) is 0 Å². The molecule has 2 unspecified atom stereocenters. The number of hydrogen-bond acceptors (Lipinski definition) is 2. The van der Waals surface area contributed by atoms with Gasteiger partial charge in [0.15, 0.2) is 0 Å². The van der Waals surface area contributed by atoms with Gasteiger partial charge in [0.25, 0.3) is 0 Å². The predicted molar refractivity (Wildman–Crippen MR) is 72.3 cm³/mol. The van der Waals surface area contributed by atoms with Gasteiger partial charge in [0, 0.05) is 24.5 Å². The SMILES string of the molecule is CC(Cn1cccn1)NC1CCc2ccccc21. The minimum Gasteiger partial charge on any atom is -0.306 e. The molecule has 0 spiro atoms. The molecule has 2 atom stereocenters. The van der Waals surface area contributed by atoms with Gasteiger partial charge in [0.05, 0.1) is 6.54 Å². The second-order valence-corrected chi connectivity index (χ2v) is 5.09. The fraction of sp³-hybridized carbons (Fsp3) is 0.400. The highest BCUT2D eigenvalue weighted by molar-refractivity contribution is 5.34. The molecule has 1 N–H and O–H groups in total. The number of nitrogens with zero attached hydrogens (tertiary/aromatic N) is 2. The van der Waals surface area contributed by atoms with Crippen molar-refractivity contribution in [3.8, 4) is 0 Å². The number of benzene rings is 1. The summed E-state index contributed by atoms with van der Waals surface area (Å²) >= 11 is 0. The molecule has 0 fully saturated rings. The molecule has 0 saturated heterocycles. The summed E-state index contributed by atoms with van der Waals surface area (Å²) in [4.78, 5) is 0. The summed E-state index contributed by atoms with van der Waals surface area (Å²) in [5, 5.41) is 7.96. The zero-order valence-corrected chi connectivity index (χ0v) is 10.7. The Bertz CT molecular complexity index is 504. The van der Waals surface area contributed by atoms with E-state index >= 15 is 0 Å². The molecule has 0 saturated carbocycles. The fourth-order valence-electron chi connectivity index (χ4n) is 2.82. The Morgan fingerprint density at radius 2 is 2.28 bits per heavy atom. The number of rotatable bonds is 4. The van der Waals surface area contributed by atoms with Crippen LogP contribution in [-0.4, -0.2) is 15.8 Å². The van der Waals surface area contributed by atoms with E-state index in [4.69, 9.17) is 0 Å². The van der Waals surface area contributed by atoms with E-state index in [2.05, 4.69) is 41.6 Å². The summed E-state index contributed by atoms with van der Waals surface area (Å²) in [6, 6.07) is 11.7. The normalized spacial score (nSPS) is 19.7. The lowest BCUT2D eigenvalue weighted by molar-refractivity contribution is 0.398. The van der Waals surface area contributed by atoms with Crippen LogP contribution in [0, 0.1) is 0 Å². The second-order valence-electron chi connectivity index (χ2n) is 5.09. The van der Waals surface area contributed by atoms with E-state index in [0.29, 0.717) is 12.1 Å². The molecule has 1 aliphatic rings. The van der Waals surface area contributed by atoms with E-state index in [1.165, 1.54) is 24.0 Å². The molecule has 3 nitrogen and oxygen atoms in total. The van der Waals surface area contributed by atoms with Crippen LogP contribution in [-0.2, 0) is 13.0 Å². The molecule has 0 amide bonds. The molecule has 1 aromatic carbocycles. The van der Waals surface area contributed by atoms with Gasteiger partial charge in [0.2, 0.25) is 0 Å². The first-order valence-electron chi connectivity index (χ1n) is 6.64. The number of hydrogen-bond donors (Lipinski definition) is 1. The van der Waals surface area contributed by atoms with Crippen molar-refractivity contribution < 1.29 is 0 Å². The van der Waals surface area contributed by atoms with Crippen LogP contribution in [0.5, 0.6) is 0 Å². The largest absolute Gasteiger partial charge is 0.306 e. The van der Waals surface area contributed by atoms with Crippen molar-refractivity contribution >= 4 is 0 Å². The summed E-state index contributed by atoms with van der Waals surface area (Å²) in [5.41, 5.74) is 2.98. The maximum absolute atomic E-state index is 4.25. The third kappa shape index (κ3) is 2.31. The van der Waals surface area contributed by atoms with Gasteiger partial charge in [-0.2, -0.15) is 5.10 Å². The van der Waals surface area contributed by atoms with Gasteiger partial charge in [-0.15, -0.1) is 0 Å². The fourth-order valence-corrected chi connectivity index (χ4v) is 2.82. The molecule has 94 valence electrons. The molecule has 0 aliphatic heterocycles. The van der Waals surface area contributed by atoms with Gasteiger partial charge in [-0.05, 0) is 37.0 Å². The van der Waals surface area contributed by atoms with Gasteiger partial charge < -0.3 is 5.32 Å². The summed E-state index contributed by atoms with van der Waals surface area (Å²) in [6.07, 6.45) is 6.25. The lowest BCUT2D eigenvalue weighted by Gasteiger charge is -2.20. The highest BCUT2D eigenvalue weighted by atomic mass is 15.3. The smallest absolute Gasteiger partial charge is 0.0560 e. The van der Waals surface area contributed by atoms with E-state index in [-0.39, 0.29) is 0 Å². The van der Waals surface area contributed by atoms with Gasteiger partial charge in [-0.1, -0.05) is 24.3 Å². The molecule has 3 heteroatoms. The molecule has 2 aromatic rings. The number of aryl methyl sites for hydroxylation is 1. The van der Waals surface area contributed by atoms with Crippen molar-refractivity contribution in [1.82, 2.24) is 15.1 Å². The number of nitrogens with one attached hydrogen (secondary N) is 1. The minimum atomic E-state index is 0.432. The summed E-state index contributed by atoms with van der Waals surface area (Å²) in [7, 11) is 0. The van der Waals surface area contributed by atoms with Crippen LogP contribution in [0.3, 0.4) is 0 Å². The van der Waals surface area contributed by atoms with E-state index < -0.39 is 0 Å². The molecule has 18 heavy (non-hydrogen) atoms. The van der Waals surface area contributed by atoms with Crippen molar-refractivity contribution in [2.75, 3.05) is 0 Å². The predicted octanol–water partition coefficient (Wildman–Crippen LogP) is 2.55. The molecular formula is C15H19N3. The average molecular weight is 241 g/mol. The molecule has 0 radical (unpaired) electrons. The van der Waals surface area contributed by atoms with Crippen molar-refractivity contribution in [2.24, 2.45) is 0 Å². The zero-order chi connectivity index (χ0) is 12.4. The molecule has 1 aromatic heterocycles. The molecule has 0 bridgehead atoms. The number of fused-ring (bicyclic) bond motifs is 1. The maximum atomic E-state index is 4.25. The first-order valence-corrected chi connectivity index (χ1v) is 6.64. The summed E-state index contributed by atoms with van der Waals surface area (Å²) < 4.78 is 1.98. The molecule has 3 rings (SSSR count). The van der Waals surface area contributed by atoms with Crippen molar-refractivity contribution in [1.29, 1.82) is 0 Å². The second kappa shape index (κ2) is 4.94. The lowest BCUT2D eigenvalue weighted by atomic mass is 10.1. The van der Waals surface area contributed by atoms with Crippen molar-refractivity contribution in [3.05, 3.63) is 53.9 Å². The van der Waals surface area contributed by atoms with E-state index in [0.717, 1.165) is 6.54 Å². The van der Waals surface area contributed by atoms with E-state index in [1.54, 1.807) is 0 Å². The van der Waals surface area contributed by atoms with Gasteiger partial charge in [-0.3, -0.25) is 4.68 Å². The summed E-state index contributed by atoms with van der Waals surface area (Å²) in [6.45, 7) is 3.15. The van der Waals surface area contributed by atoms with Crippen LogP contribution in [0.4, 0.5) is 0 Å². The maximum Gasteiger partial charge on any atom is 0.0560 e. The standard InChI is InChI=1S/C15H19N3/c1-12(11-18-10-4-9-16-18)17-15-8-7-13-5-2-3-6-14(13)15/h2-6,9-10,12,15,17H,7-8,11H2,1H3. The first-order chi connectivity index (χ1) is 8.83. The average Bonchev–Trinajstić information content (AvgIpc) is 3.00. The Morgan fingerprint density at radius 1 is 1.39 bits per heavy atom. The van der Waals surface area contributed by atoms with Crippen LogP contribution in [0.15, 0.2) is 42.7 Å². The van der Waals surface area contributed by atoms with Gasteiger partial charge in [-0.25, -0.2) is 0 Å². The molecule has 1 aliphatic carbocycles. The summed E-state index contributed by atoms with van der Waals surface area (Å²) in [5.74, 6) is 0. The molecular weight excluding hydrogens is 222 g/mol. The Balaban J connectivity index is 1.64. The Morgan fingerprint density at radius 3 is 3.11 bits per heavy atom. The van der Waals surface area contributed by atoms with Crippen molar-refractivity contribution in [2.45, 2.75) is 38.4 Å². The Hall–Kier alpha value is -1.61. The Kier molecular flexibility index (Phi) is 3.15. The van der Waals surface area contributed by atoms with Crippen LogP contribution < -0.4 is 5.32 Å². The quantitative estimate of drug-likeness (QED) is 0.891. The molecule has 1 heterocycles. The highest BCUT2D eigenvalue weighted by Gasteiger charge is 2.22. The van der Waals surface area contributed by atoms with Gasteiger partial charge >= 0.3 is 0 Å². The minimum absolute atomic E-state index is 0.432. The van der Waals surface area contributed by atoms with Crippen LogP contribution in [0.1, 0.15) is 30.5 Å². The monoisotopic (exact) mass is 241 g/mol. The third-order valence-corrected chi connectivity index (χ3v) is 3.64. The zero-order valence-electron chi connectivity index (χ0n) is 10.7. The highest BCUT2D eigenvalue weighted by Crippen LogP contribution is 2.30. The van der Waals surface area contributed by atoms with E-state index in [1.807, 2.05) is 23.1 Å².